The zero-order valence-corrected chi connectivity index (χ0v) is 9.88. The predicted molar refractivity (Wildman–Crippen MR) is 64.1 cm³/mol. The highest BCUT2D eigenvalue weighted by Crippen LogP contribution is 2.38. The zero-order valence-electron chi connectivity index (χ0n) is 9.06. The van der Waals surface area contributed by atoms with Crippen molar-refractivity contribution in [2.24, 2.45) is 5.73 Å². The first-order chi connectivity index (χ1) is 7.59. The van der Waals surface area contributed by atoms with Gasteiger partial charge in [0.25, 0.3) is 5.91 Å². The molecule has 0 bridgehead atoms. The third-order valence-electron chi connectivity index (χ3n) is 2.60. The number of thioether (sulfide) groups is 1. The maximum Gasteiger partial charge on any atom is 0.254 e. The average Bonchev–Trinajstić information content (AvgIpc) is 2.67. The van der Waals surface area contributed by atoms with Gasteiger partial charge in [-0.25, -0.2) is 9.97 Å². The van der Waals surface area contributed by atoms with Gasteiger partial charge in [-0.1, -0.05) is 0 Å². The van der Waals surface area contributed by atoms with Crippen LogP contribution in [0.1, 0.15) is 40.0 Å². The van der Waals surface area contributed by atoms with Gasteiger partial charge in [-0.05, 0) is 25.5 Å². The quantitative estimate of drug-likeness (QED) is 0.802. The van der Waals surface area contributed by atoms with E-state index < -0.39 is 5.91 Å². The van der Waals surface area contributed by atoms with Crippen LogP contribution in [0.4, 0.5) is 5.82 Å². The molecular formula is C10H14N4OS. The molecule has 0 saturated carbocycles. The van der Waals surface area contributed by atoms with E-state index in [1.807, 2.05) is 11.8 Å². The van der Waals surface area contributed by atoms with Gasteiger partial charge in [0.2, 0.25) is 0 Å². The molecule has 6 heteroatoms. The molecule has 1 aliphatic rings. The minimum absolute atomic E-state index is 0.197. The summed E-state index contributed by atoms with van der Waals surface area (Å²) in [7, 11) is 0. The van der Waals surface area contributed by atoms with E-state index in [9.17, 15) is 4.79 Å². The summed E-state index contributed by atoms with van der Waals surface area (Å²) < 4.78 is 0. The summed E-state index contributed by atoms with van der Waals surface area (Å²) in [5.41, 5.74) is 11.8. The van der Waals surface area contributed by atoms with Crippen LogP contribution in [0.2, 0.25) is 0 Å². The number of nitrogen functional groups attached to an aromatic ring is 1. The van der Waals surface area contributed by atoms with Gasteiger partial charge in [-0.15, -0.1) is 0 Å². The Kier molecular flexibility index (Phi) is 3.00. The second-order valence-corrected chi connectivity index (χ2v) is 5.10. The number of amides is 1. The van der Waals surface area contributed by atoms with Gasteiger partial charge in [-0.3, -0.25) is 4.79 Å². The van der Waals surface area contributed by atoms with Crippen LogP contribution < -0.4 is 11.5 Å². The molecule has 1 atom stereocenters. The van der Waals surface area contributed by atoms with Gasteiger partial charge >= 0.3 is 0 Å². The standard InChI is InChI=1S/C10H14N4OS/c1-5-7(9(12)15)8(11)14-10(13-5)6-3-2-4-16-6/h6H,2-4H2,1H3,(H2,12,15)(H2,11,13,14). The molecular weight excluding hydrogens is 224 g/mol. The Balaban J connectivity index is 2.40. The summed E-state index contributed by atoms with van der Waals surface area (Å²) in [6.45, 7) is 1.74. The van der Waals surface area contributed by atoms with Gasteiger partial charge in [0.1, 0.15) is 17.2 Å². The second kappa shape index (κ2) is 4.29. The van der Waals surface area contributed by atoms with Crippen molar-refractivity contribution < 1.29 is 4.79 Å². The fraction of sp³-hybridized carbons (Fsp3) is 0.500. The number of hydrogen-bond donors (Lipinski definition) is 2. The Labute approximate surface area is 98.0 Å². The van der Waals surface area contributed by atoms with Gasteiger partial charge in [0, 0.05) is 0 Å². The SMILES string of the molecule is Cc1nc(C2CCCS2)nc(N)c1C(N)=O. The molecule has 1 unspecified atom stereocenters. The Morgan fingerprint density at radius 2 is 2.25 bits per heavy atom. The highest BCUT2D eigenvalue weighted by Gasteiger charge is 2.23. The van der Waals surface area contributed by atoms with Crippen LogP contribution in [-0.4, -0.2) is 21.6 Å². The van der Waals surface area contributed by atoms with Crippen molar-refractivity contribution >= 4 is 23.5 Å². The third kappa shape index (κ3) is 1.97. The highest BCUT2D eigenvalue weighted by atomic mass is 32.2. The Morgan fingerprint density at radius 1 is 1.50 bits per heavy atom. The largest absolute Gasteiger partial charge is 0.383 e. The van der Waals surface area contributed by atoms with E-state index in [4.69, 9.17) is 11.5 Å². The molecule has 2 heterocycles. The maximum absolute atomic E-state index is 11.1. The number of nitrogens with zero attached hydrogens (tertiary/aromatic N) is 2. The van der Waals surface area contributed by atoms with E-state index in [0.717, 1.165) is 18.0 Å². The molecule has 0 aromatic carbocycles. The second-order valence-electron chi connectivity index (χ2n) is 3.79. The molecule has 1 fully saturated rings. The van der Waals surface area contributed by atoms with Gasteiger partial charge in [-0.2, -0.15) is 11.8 Å². The Bertz CT molecular complexity index is 406. The van der Waals surface area contributed by atoms with Crippen molar-refractivity contribution in [2.45, 2.75) is 25.0 Å². The van der Waals surface area contributed by atoms with Crippen molar-refractivity contribution in [3.63, 3.8) is 0 Å². The summed E-state index contributed by atoms with van der Waals surface area (Å²) in [6, 6.07) is 0. The number of carbonyl (C=O) groups is 1. The smallest absolute Gasteiger partial charge is 0.254 e. The molecule has 86 valence electrons. The minimum Gasteiger partial charge on any atom is -0.383 e. The summed E-state index contributed by atoms with van der Waals surface area (Å²) in [4.78, 5) is 19.6. The predicted octanol–water partition coefficient (Wildman–Crippen LogP) is 1.03. The lowest BCUT2D eigenvalue weighted by Crippen LogP contribution is -2.18. The number of hydrogen-bond acceptors (Lipinski definition) is 5. The molecule has 1 amide bonds. The molecule has 2 rings (SSSR count). The highest BCUT2D eigenvalue weighted by molar-refractivity contribution is 7.99. The summed E-state index contributed by atoms with van der Waals surface area (Å²) in [6.07, 6.45) is 2.24. The fourth-order valence-corrected chi connectivity index (χ4v) is 3.05. The lowest BCUT2D eigenvalue weighted by molar-refractivity contribution is 0.1000. The van der Waals surface area contributed by atoms with E-state index in [2.05, 4.69) is 9.97 Å². The first-order valence-electron chi connectivity index (χ1n) is 5.15. The summed E-state index contributed by atoms with van der Waals surface area (Å²) in [5.74, 6) is 1.48. The molecule has 1 aromatic heterocycles. The van der Waals surface area contributed by atoms with Gasteiger partial charge < -0.3 is 11.5 Å². The van der Waals surface area contributed by atoms with Crippen molar-refractivity contribution in [2.75, 3.05) is 11.5 Å². The maximum atomic E-state index is 11.1. The Hall–Kier alpha value is -1.30. The molecule has 1 aliphatic heterocycles. The van der Waals surface area contributed by atoms with E-state index in [0.29, 0.717) is 10.9 Å². The summed E-state index contributed by atoms with van der Waals surface area (Å²) in [5, 5.41) is 0.308. The van der Waals surface area contributed by atoms with Gasteiger partial charge in [0.05, 0.1) is 10.9 Å². The van der Waals surface area contributed by atoms with Crippen LogP contribution in [-0.2, 0) is 0 Å². The topological polar surface area (TPSA) is 94.9 Å². The average molecular weight is 238 g/mol. The first kappa shape index (κ1) is 11.2. The van der Waals surface area contributed by atoms with Crippen LogP contribution in [0.25, 0.3) is 0 Å². The minimum atomic E-state index is -0.569. The monoisotopic (exact) mass is 238 g/mol. The van der Waals surface area contributed by atoms with E-state index in [1.165, 1.54) is 6.42 Å². The van der Waals surface area contributed by atoms with Crippen LogP contribution in [0, 0.1) is 6.92 Å². The van der Waals surface area contributed by atoms with Crippen LogP contribution >= 0.6 is 11.8 Å². The molecule has 0 radical (unpaired) electrons. The number of anilines is 1. The Morgan fingerprint density at radius 3 is 2.75 bits per heavy atom. The lowest BCUT2D eigenvalue weighted by Gasteiger charge is -2.11. The first-order valence-corrected chi connectivity index (χ1v) is 6.20. The van der Waals surface area contributed by atoms with E-state index in [1.54, 1.807) is 6.92 Å². The van der Waals surface area contributed by atoms with E-state index >= 15 is 0 Å². The van der Waals surface area contributed by atoms with Crippen LogP contribution in [0.15, 0.2) is 0 Å². The molecule has 0 spiro atoms. The molecule has 4 N–H and O–H groups in total. The number of aryl methyl sites for hydroxylation is 1. The van der Waals surface area contributed by atoms with Crippen molar-refractivity contribution in [3.8, 4) is 0 Å². The number of primary amides is 1. The van der Waals surface area contributed by atoms with Crippen LogP contribution in [0.3, 0.4) is 0 Å². The number of carbonyl (C=O) groups excluding carboxylic acids is 1. The van der Waals surface area contributed by atoms with Crippen LogP contribution in [0.5, 0.6) is 0 Å². The van der Waals surface area contributed by atoms with Crippen molar-refractivity contribution in [1.29, 1.82) is 0 Å². The van der Waals surface area contributed by atoms with Gasteiger partial charge in [0.15, 0.2) is 0 Å². The molecule has 16 heavy (non-hydrogen) atoms. The number of aromatic nitrogens is 2. The fourth-order valence-electron chi connectivity index (χ4n) is 1.85. The lowest BCUT2D eigenvalue weighted by atomic mass is 10.2. The van der Waals surface area contributed by atoms with Crippen molar-refractivity contribution in [3.05, 3.63) is 17.1 Å². The normalized spacial score (nSPS) is 19.9. The number of nitrogens with two attached hydrogens (primary N) is 2. The zero-order chi connectivity index (χ0) is 11.7. The number of rotatable bonds is 2. The summed E-state index contributed by atoms with van der Waals surface area (Å²) >= 11 is 1.83. The molecule has 0 aliphatic carbocycles. The molecule has 5 nitrogen and oxygen atoms in total. The van der Waals surface area contributed by atoms with Crippen molar-refractivity contribution in [1.82, 2.24) is 9.97 Å². The molecule has 1 saturated heterocycles. The van der Waals surface area contributed by atoms with E-state index in [-0.39, 0.29) is 11.4 Å². The molecule has 1 aromatic rings. The third-order valence-corrected chi connectivity index (χ3v) is 3.97.